The van der Waals surface area contributed by atoms with Crippen LogP contribution in [-0.2, 0) is 19.5 Å². The summed E-state index contributed by atoms with van der Waals surface area (Å²) in [6.45, 7) is 1.15. The van der Waals surface area contributed by atoms with Crippen LogP contribution in [0.3, 0.4) is 0 Å². The third-order valence-electron chi connectivity index (χ3n) is 4.64. The molecule has 0 bridgehead atoms. The SMILES string of the molecule is Cc1c(OC(=O)O)sc2c1c(=O)n(CCc1ccccc1F)c(=O)n2CCC=C(F)F. The zero-order valence-electron chi connectivity index (χ0n) is 16.2. The summed E-state index contributed by atoms with van der Waals surface area (Å²) in [5.74, 6) is -0.482. The molecule has 0 saturated carbocycles. The van der Waals surface area contributed by atoms with E-state index >= 15 is 0 Å². The molecule has 31 heavy (non-hydrogen) atoms. The summed E-state index contributed by atoms with van der Waals surface area (Å²) in [4.78, 5) is 37.1. The largest absolute Gasteiger partial charge is 0.512 e. The van der Waals surface area contributed by atoms with E-state index in [4.69, 9.17) is 9.84 Å². The molecule has 0 aliphatic heterocycles. The molecule has 0 spiro atoms. The van der Waals surface area contributed by atoms with Crippen LogP contribution in [0, 0.1) is 12.7 Å². The molecule has 0 amide bonds. The minimum absolute atomic E-state index is 0.0496. The van der Waals surface area contributed by atoms with Gasteiger partial charge in [0.25, 0.3) is 11.6 Å². The highest BCUT2D eigenvalue weighted by atomic mass is 32.1. The Kier molecular flexibility index (Phi) is 6.64. The Bertz CT molecular complexity index is 1290. The summed E-state index contributed by atoms with van der Waals surface area (Å²) in [5.41, 5.74) is -0.925. The molecule has 0 unspecified atom stereocenters. The summed E-state index contributed by atoms with van der Waals surface area (Å²) >= 11 is 0.770. The van der Waals surface area contributed by atoms with Crippen molar-refractivity contribution in [1.29, 1.82) is 0 Å². The predicted molar refractivity (Wildman–Crippen MR) is 109 cm³/mol. The molecule has 2 heterocycles. The molecule has 2 aromatic heterocycles. The van der Waals surface area contributed by atoms with Crippen LogP contribution in [0.1, 0.15) is 17.5 Å². The summed E-state index contributed by atoms with van der Waals surface area (Å²) in [6.07, 6.45) is -2.99. The van der Waals surface area contributed by atoms with Crippen molar-refractivity contribution in [2.75, 3.05) is 0 Å². The minimum atomic E-state index is -1.91. The van der Waals surface area contributed by atoms with Crippen LogP contribution >= 0.6 is 11.3 Å². The van der Waals surface area contributed by atoms with Gasteiger partial charge in [0, 0.05) is 18.7 Å². The van der Waals surface area contributed by atoms with E-state index in [1.54, 1.807) is 6.07 Å². The van der Waals surface area contributed by atoms with Gasteiger partial charge in [0.2, 0.25) is 0 Å². The van der Waals surface area contributed by atoms with Crippen LogP contribution in [0.2, 0.25) is 0 Å². The lowest BCUT2D eigenvalue weighted by Gasteiger charge is -2.12. The maximum absolute atomic E-state index is 13.9. The molecule has 0 aliphatic rings. The van der Waals surface area contributed by atoms with Crippen molar-refractivity contribution in [3.05, 3.63) is 74.2 Å². The molecule has 1 N–H and O–H groups in total. The number of nitrogens with zero attached hydrogens (tertiary/aromatic N) is 2. The van der Waals surface area contributed by atoms with Crippen LogP contribution in [-0.4, -0.2) is 20.4 Å². The Labute approximate surface area is 177 Å². The highest BCUT2D eigenvalue weighted by Crippen LogP contribution is 2.35. The second-order valence-corrected chi connectivity index (χ2v) is 7.54. The number of carboxylic acid groups (broad SMARTS) is 1. The zero-order chi connectivity index (χ0) is 22.7. The molecule has 7 nitrogen and oxygen atoms in total. The maximum atomic E-state index is 13.9. The van der Waals surface area contributed by atoms with Crippen molar-refractivity contribution in [1.82, 2.24) is 9.13 Å². The molecule has 0 radical (unpaired) electrons. The second kappa shape index (κ2) is 9.21. The van der Waals surface area contributed by atoms with Crippen molar-refractivity contribution in [2.45, 2.75) is 32.9 Å². The van der Waals surface area contributed by atoms with Gasteiger partial charge in [0.05, 0.1) is 5.39 Å². The average Bonchev–Trinajstić information content (AvgIpc) is 3.01. The summed E-state index contributed by atoms with van der Waals surface area (Å²) in [5, 5.41) is 8.87. The number of thiophene rings is 1. The van der Waals surface area contributed by atoms with E-state index in [2.05, 4.69) is 0 Å². The highest BCUT2D eigenvalue weighted by Gasteiger charge is 2.22. The first-order valence-electron chi connectivity index (χ1n) is 9.12. The van der Waals surface area contributed by atoms with Gasteiger partial charge in [-0.05, 0) is 37.5 Å². The fourth-order valence-corrected chi connectivity index (χ4v) is 4.35. The van der Waals surface area contributed by atoms with Crippen LogP contribution in [0.5, 0.6) is 5.06 Å². The van der Waals surface area contributed by atoms with Crippen LogP contribution in [0.4, 0.5) is 18.0 Å². The molecule has 164 valence electrons. The Morgan fingerprint density at radius 2 is 1.90 bits per heavy atom. The number of halogens is 3. The summed E-state index contributed by atoms with van der Waals surface area (Å²) in [7, 11) is 0. The van der Waals surface area contributed by atoms with Gasteiger partial charge in [-0.2, -0.15) is 8.78 Å². The Morgan fingerprint density at radius 3 is 2.55 bits per heavy atom. The molecular weight excluding hydrogens is 437 g/mol. The lowest BCUT2D eigenvalue weighted by molar-refractivity contribution is 0.145. The molecule has 0 atom stereocenters. The number of rotatable bonds is 7. The van der Waals surface area contributed by atoms with E-state index in [0.29, 0.717) is 11.6 Å². The normalized spacial score (nSPS) is 11.0. The fourth-order valence-electron chi connectivity index (χ4n) is 3.18. The molecule has 3 aromatic rings. The minimum Gasteiger partial charge on any atom is -0.449 e. The Balaban J connectivity index is 2.14. The van der Waals surface area contributed by atoms with E-state index < -0.39 is 29.3 Å². The second-order valence-electron chi connectivity index (χ2n) is 6.58. The number of aryl methyl sites for hydroxylation is 3. The number of benzene rings is 1. The Hall–Kier alpha value is -3.34. The molecule has 1 aromatic carbocycles. The fraction of sp³-hybridized carbons (Fsp3) is 0.250. The summed E-state index contributed by atoms with van der Waals surface area (Å²) < 4.78 is 45.6. The van der Waals surface area contributed by atoms with E-state index in [1.165, 1.54) is 25.1 Å². The molecular formula is C20H17F3N2O5S. The predicted octanol–water partition coefficient (Wildman–Crippen LogP) is 4.14. The lowest BCUT2D eigenvalue weighted by atomic mass is 10.1. The van der Waals surface area contributed by atoms with Crippen molar-refractivity contribution in [3.8, 4) is 5.06 Å². The standard InChI is InChI=1S/C20H17F3N2O5S/c1-11-15-16(26)24(10-8-12-5-2-3-6-13(12)21)19(27)25(9-4-7-14(22)23)17(15)31-18(11)30-20(28)29/h2-3,5-7H,4,8-10H2,1H3,(H,28,29). The maximum Gasteiger partial charge on any atom is 0.512 e. The average molecular weight is 454 g/mol. The number of hydrogen-bond acceptors (Lipinski definition) is 5. The van der Waals surface area contributed by atoms with E-state index in [0.717, 1.165) is 20.5 Å². The van der Waals surface area contributed by atoms with Crippen molar-refractivity contribution < 1.29 is 27.8 Å². The third-order valence-corrected chi connectivity index (χ3v) is 5.84. The monoisotopic (exact) mass is 454 g/mol. The van der Waals surface area contributed by atoms with E-state index in [-0.39, 0.29) is 46.8 Å². The van der Waals surface area contributed by atoms with Gasteiger partial charge in [0.1, 0.15) is 10.6 Å². The molecule has 3 rings (SSSR count). The molecule has 11 heteroatoms. The first kappa shape index (κ1) is 22.3. The zero-order valence-corrected chi connectivity index (χ0v) is 17.0. The summed E-state index contributed by atoms with van der Waals surface area (Å²) in [6, 6.07) is 5.93. The Morgan fingerprint density at radius 1 is 1.19 bits per heavy atom. The number of fused-ring (bicyclic) bond motifs is 1. The third kappa shape index (κ3) is 4.71. The van der Waals surface area contributed by atoms with Gasteiger partial charge in [0.15, 0.2) is 5.06 Å². The molecule has 0 aliphatic carbocycles. The van der Waals surface area contributed by atoms with Gasteiger partial charge in [-0.1, -0.05) is 29.5 Å². The smallest absolute Gasteiger partial charge is 0.449 e. The van der Waals surface area contributed by atoms with Crippen molar-refractivity contribution >= 4 is 27.7 Å². The topological polar surface area (TPSA) is 90.5 Å². The highest BCUT2D eigenvalue weighted by molar-refractivity contribution is 7.20. The van der Waals surface area contributed by atoms with Crippen LogP contribution < -0.4 is 16.0 Å². The van der Waals surface area contributed by atoms with Gasteiger partial charge in [-0.3, -0.25) is 13.9 Å². The van der Waals surface area contributed by atoms with Crippen molar-refractivity contribution in [3.63, 3.8) is 0 Å². The van der Waals surface area contributed by atoms with E-state index in [9.17, 15) is 27.6 Å². The van der Waals surface area contributed by atoms with Gasteiger partial charge < -0.3 is 9.84 Å². The van der Waals surface area contributed by atoms with Crippen LogP contribution in [0.25, 0.3) is 10.2 Å². The quantitative estimate of drug-likeness (QED) is 0.542. The lowest BCUT2D eigenvalue weighted by Crippen LogP contribution is -2.40. The van der Waals surface area contributed by atoms with Gasteiger partial charge in [-0.15, -0.1) is 0 Å². The number of carbonyl (C=O) groups is 1. The number of ether oxygens (including phenoxy) is 1. The van der Waals surface area contributed by atoms with Gasteiger partial charge >= 0.3 is 11.8 Å². The van der Waals surface area contributed by atoms with Crippen LogP contribution in [0.15, 0.2) is 46.0 Å². The number of aromatic nitrogens is 2. The number of hydrogen-bond donors (Lipinski definition) is 1. The first-order chi connectivity index (χ1) is 14.7. The first-order valence-corrected chi connectivity index (χ1v) is 9.94. The molecule has 0 saturated heterocycles. The number of allylic oxidation sites excluding steroid dienone is 1. The van der Waals surface area contributed by atoms with Crippen molar-refractivity contribution in [2.24, 2.45) is 0 Å². The molecule has 0 fully saturated rings. The van der Waals surface area contributed by atoms with E-state index in [1.807, 2.05) is 0 Å². The van der Waals surface area contributed by atoms with Gasteiger partial charge in [-0.25, -0.2) is 14.0 Å².